The summed E-state index contributed by atoms with van der Waals surface area (Å²) in [6, 6.07) is 10.7. The van der Waals surface area contributed by atoms with Crippen LogP contribution in [-0.2, 0) is 4.79 Å². The molecule has 1 saturated heterocycles. The second-order valence-electron chi connectivity index (χ2n) is 6.65. The number of aliphatic imine (C=N–C) groups is 1. The summed E-state index contributed by atoms with van der Waals surface area (Å²) in [7, 11) is 1.80. The first-order chi connectivity index (χ1) is 12.1. The van der Waals surface area contributed by atoms with Crippen molar-refractivity contribution in [2.24, 2.45) is 4.99 Å². The molecule has 26 heavy (non-hydrogen) atoms. The largest absolute Gasteiger partial charge is 0.356 e. The lowest BCUT2D eigenvalue weighted by atomic mass is 10.0. The highest BCUT2D eigenvalue weighted by Gasteiger charge is 2.17. The number of likely N-dealkylation sites (tertiary alicyclic amines) is 1. The van der Waals surface area contributed by atoms with Crippen molar-refractivity contribution in [3.05, 3.63) is 41.5 Å². The van der Waals surface area contributed by atoms with Crippen LogP contribution in [-0.4, -0.2) is 49.5 Å². The van der Waals surface area contributed by atoms with E-state index < -0.39 is 0 Å². The number of piperidine rings is 1. The third kappa shape index (κ3) is 7.76. The van der Waals surface area contributed by atoms with E-state index in [1.807, 2.05) is 19.9 Å². The minimum atomic E-state index is 0. The van der Waals surface area contributed by atoms with Crippen LogP contribution in [0.3, 0.4) is 0 Å². The SMILES string of the molecule is CN=C(NCCC(=O)NC(C)C)N1CCC(=Cc2ccccc2)CC1.I. The molecule has 0 aromatic heterocycles. The Morgan fingerprint density at radius 2 is 1.88 bits per heavy atom. The summed E-state index contributed by atoms with van der Waals surface area (Å²) in [4.78, 5) is 18.3. The summed E-state index contributed by atoms with van der Waals surface area (Å²) in [6.45, 7) is 6.46. The molecule has 0 unspecified atom stereocenters. The molecule has 0 radical (unpaired) electrons. The van der Waals surface area contributed by atoms with Crippen molar-refractivity contribution in [3.8, 4) is 0 Å². The first-order valence-electron chi connectivity index (χ1n) is 9.08. The maximum absolute atomic E-state index is 11.7. The molecule has 0 bridgehead atoms. The monoisotopic (exact) mass is 470 g/mol. The molecule has 1 heterocycles. The Kier molecular flexibility index (Phi) is 10.3. The van der Waals surface area contributed by atoms with E-state index >= 15 is 0 Å². The van der Waals surface area contributed by atoms with E-state index in [-0.39, 0.29) is 35.9 Å². The quantitative estimate of drug-likeness (QED) is 0.395. The van der Waals surface area contributed by atoms with Crippen molar-refractivity contribution in [3.63, 3.8) is 0 Å². The van der Waals surface area contributed by atoms with Gasteiger partial charge in [0.2, 0.25) is 5.91 Å². The fourth-order valence-electron chi connectivity index (χ4n) is 2.95. The summed E-state index contributed by atoms with van der Waals surface area (Å²) in [5.74, 6) is 0.959. The Balaban J connectivity index is 0.00000338. The first kappa shape index (κ1) is 22.5. The van der Waals surface area contributed by atoms with Crippen molar-refractivity contribution in [2.45, 2.75) is 39.2 Å². The number of amides is 1. The van der Waals surface area contributed by atoms with Gasteiger partial charge >= 0.3 is 0 Å². The van der Waals surface area contributed by atoms with E-state index in [0.29, 0.717) is 13.0 Å². The van der Waals surface area contributed by atoms with E-state index in [0.717, 1.165) is 31.9 Å². The lowest BCUT2D eigenvalue weighted by Crippen LogP contribution is -2.45. The van der Waals surface area contributed by atoms with Gasteiger partial charge in [0.25, 0.3) is 0 Å². The molecule has 1 aromatic rings. The van der Waals surface area contributed by atoms with Gasteiger partial charge in [-0.1, -0.05) is 42.0 Å². The number of halogens is 1. The number of benzene rings is 1. The van der Waals surface area contributed by atoms with E-state index in [4.69, 9.17) is 0 Å². The summed E-state index contributed by atoms with van der Waals surface area (Å²) >= 11 is 0. The second-order valence-corrected chi connectivity index (χ2v) is 6.65. The second kappa shape index (κ2) is 11.9. The zero-order valence-electron chi connectivity index (χ0n) is 16.0. The average molecular weight is 470 g/mol. The molecule has 5 nitrogen and oxygen atoms in total. The molecule has 1 aliphatic rings. The Morgan fingerprint density at radius 1 is 1.23 bits per heavy atom. The van der Waals surface area contributed by atoms with Crippen LogP contribution in [0.4, 0.5) is 0 Å². The molecule has 0 aliphatic carbocycles. The summed E-state index contributed by atoms with van der Waals surface area (Å²) in [6.07, 6.45) is 4.85. The van der Waals surface area contributed by atoms with Crippen molar-refractivity contribution in [2.75, 3.05) is 26.7 Å². The maximum atomic E-state index is 11.7. The van der Waals surface area contributed by atoms with E-state index in [9.17, 15) is 4.79 Å². The van der Waals surface area contributed by atoms with E-state index in [1.54, 1.807) is 7.05 Å². The van der Waals surface area contributed by atoms with Crippen LogP contribution >= 0.6 is 24.0 Å². The summed E-state index contributed by atoms with van der Waals surface area (Å²) in [5, 5.41) is 6.21. The molecule has 0 atom stereocenters. The van der Waals surface area contributed by atoms with Crippen molar-refractivity contribution < 1.29 is 4.79 Å². The lowest BCUT2D eigenvalue weighted by molar-refractivity contribution is -0.121. The highest BCUT2D eigenvalue weighted by molar-refractivity contribution is 14.0. The van der Waals surface area contributed by atoms with Gasteiger partial charge in [-0.3, -0.25) is 9.79 Å². The van der Waals surface area contributed by atoms with Gasteiger partial charge in [0, 0.05) is 39.1 Å². The average Bonchev–Trinajstić information content (AvgIpc) is 2.60. The molecule has 0 saturated carbocycles. The van der Waals surface area contributed by atoms with Crippen LogP contribution in [0.25, 0.3) is 6.08 Å². The Labute approximate surface area is 174 Å². The fraction of sp³-hybridized carbons (Fsp3) is 0.500. The van der Waals surface area contributed by atoms with Gasteiger partial charge in [0.1, 0.15) is 0 Å². The Hall–Kier alpha value is -1.57. The van der Waals surface area contributed by atoms with Crippen LogP contribution in [0, 0.1) is 0 Å². The molecular weight excluding hydrogens is 439 g/mol. The molecule has 144 valence electrons. The predicted molar refractivity (Wildman–Crippen MR) is 120 cm³/mol. The third-order valence-corrected chi connectivity index (χ3v) is 4.17. The minimum absolute atomic E-state index is 0. The van der Waals surface area contributed by atoms with Gasteiger partial charge in [-0.25, -0.2) is 0 Å². The molecule has 2 N–H and O–H groups in total. The number of guanidine groups is 1. The van der Waals surface area contributed by atoms with Crippen molar-refractivity contribution >= 4 is 41.9 Å². The topological polar surface area (TPSA) is 56.7 Å². The zero-order valence-corrected chi connectivity index (χ0v) is 18.3. The van der Waals surface area contributed by atoms with Gasteiger partial charge in [-0.05, 0) is 32.3 Å². The smallest absolute Gasteiger partial charge is 0.221 e. The van der Waals surface area contributed by atoms with Gasteiger partial charge in [-0.2, -0.15) is 0 Å². The lowest BCUT2D eigenvalue weighted by Gasteiger charge is -2.31. The number of nitrogens with one attached hydrogen (secondary N) is 2. The van der Waals surface area contributed by atoms with Gasteiger partial charge in [-0.15, -0.1) is 24.0 Å². The summed E-state index contributed by atoms with van der Waals surface area (Å²) in [5.41, 5.74) is 2.75. The third-order valence-electron chi connectivity index (χ3n) is 4.17. The minimum Gasteiger partial charge on any atom is -0.356 e. The normalized spacial score (nSPS) is 14.7. The first-order valence-corrected chi connectivity index (χ1v) is 9.08. The van der Waals surface area contributed by atoms with Gasteiger partial charge in [0.05, 0.1) is 0 Å². The van der Waals surface area contributed by atoms with Gasteiger partial charge in [0.15, 0.2) is 5.96 Å². The summed E-state index contributed by atoms with van der Waals surface area (Å²) < 4.78 is 0. The highest BCUT2D eigenvalue weighted by Crippen LogP contribution is 2.19. The fourth-order valence-corrected chi connectivity index (χ4v) is 2.95. The van der Waals surface area contributed by atoms with E-state index in [1.165, 1.54) is 11.1 Å². The molecule has 1 aliphatic heterocycles. The molecular formula is C20H31IN4O. The molecule has 1 fully saturated rings. The van der Waals surface area contributed by atoms with Crippen LogP contribution in [0.1, 0.15) is 38.7 Å². The number of hydrogen-bond acceptors (Lipinski definition) is 2. The molecule has 2 rings (SSSR count). The highest BCUT2D eigenvalue weighted by atomic mass is 127. The van der Waals surface area contributed by atoms with Crippen LogP contribution in [0.2, 0.25) is 0 Å². The zero-order chi connectivity index (χ0) is 18.1. The van der Waals surface area contributed by atoms with Crippen LogP contribution in [0.15, 0.2) is 40.9 Å². The Bertz CT molecular complexity index is 603. The Morgan fingerprint density at radius 3 is 2.46 bits per heavy atom. The number of rotatable bonds is 5. The number of hydrogen-bond donors (Lipinski definition) is 2. The number of nitrogens with zero attached hydrogens (tertiary/aromatic N) is 2. The molecule has 1 amide bonds. The number of carbonyl (C=O) groups is 1. The molecule has 6 heteroatoms. The van der Waals surface area contributed by atoms with Crippen LogP contribution in [0.5, 0.6) is 0 Å². The predicted octanol–water partition coefficient (Wildman–Crippen LogP) is 3.27. The molecule has 0 spiro atoms. The van der Waals surface area contributed by atoms with Crippen molar-refractivity contribution in [1.29, 1.82) is 0 Å². The number of carbonyl (C=O) groups excluding carboxylic acids is 1. The molecule has 1 aromatic carbocycles. The maximum Gasteiger partial charge on any atom is 0.221 e. The van der Waals surface area contributed by atoms with Crippen molar-refractivity contribution in [1.82, 2.24) is 15.5 Å². The standard InChI is InChI=1S/C20H30N4O.HI/c1-16(2)23-19(25)9-12-22-20(21-3)24-13-10-18(11-14-24)15-17-7-5-4-6-8-17;/h4-8,15-16H,9-14H2,1-3H3,(H,21,22)(H,23,25);1H. The van der Waals surface area contributed by atoms with Crippen LogP contribution < -0.4 is 10.6 Å². The van der Waals surface area contributed by atoms with E-state index in [2.05, 4.69) is 50.9 Å². The van der Waals surface area contributed by atoms with Gasteiger partial charge < -0.3 is 15.5 Å².